The summed E-state index contributed by atoms with van der Waals surface area (Å²) in [5.74, 6) is 1.49. The molecule has 1 fully saturated rings. The average molecular weight is 238 g/mol. The molecule has 2 atom stereocenters. The van der Waals surface area contributed by atoms with Gasteiger partial charge in [0.25, 0.3) is 0 Å². The molecule has 0 heterocycles. The van der Waals surface area contributed by atoms with Crippen LogP contribution in [0.2, 0.25) is 0 Å². The Morgan fingerprint density at radius 1 is 1.39 bits per heavy atom. The second kappa shape index (κ2) is 5.63. The zero-order valence-electron chi connectivity index (χ0n) is 10.7. The van der Waals surface area contributed by atoms with Crippen molar-refractivity contribution >= 4 is 5.78 Å². The highest BCUT2D eigenvalue weighted by molar-refractivity contribution is 6.06. The van der Waals surface area contributed by atoms with E-state index in [1.54, 1.807) is 24.3 Å². The molecular weight excluding hydrogens is 220 g/mol. The number of fused-ring (bicyclic) bond motifs is 1. The standard InChI is InChI=1S/C17H18O/c1-3-5-14(6-4-2)17(18)10-8-13-7-9-15-12-16(15)11-13/h3-11,15-16H,1,12H2,2H3/b6-4-,10-8+,14-5+. The maximum Gasteiger partial charge on any atom is 0.185 e. The molecule has 0 saturated heterocycles. The molecule has 0 aromatic carbocycles. The summed E-state index contributed by atoms with van der Waals surface area (Å²) in [6.07, 6.45) is 18.4. The summed E-state index contributed by atoms with van der Waals surface area (Å²) in [5, 5.41) is 0. The van der Waals surface area contributed by atoms with Crippen LogP contribution in [-0.4, -0.2) is 5.78 Å². The molecule has 2 unspecified atom stereocenters. The van der Waals surface area contributed by atoms with E-state index in [9.17, 15) is 4.79 Å². The van der Waals surface area contributed by atoms with Crippen LogP contribution in [0.25, 0.3) is 0 Å². The van der Waals surface area contributed by atoms with Crippen LogP contribution in [0.3, 0.4) is 0 Å². The highest BCUT2D eigenvalue weighted by Crippen LogP contribution is 2.44. The summed E-state index contributed by atoms with van der Waals surface area (Å²) < 4.78 is 0. The lowest BCUT2D eigenvalue weighted by atomic mass is 10.0. The summed E-state index contributed by atoms with van der Waals surface area (Å²) in [6, 6.07) is 0. The first-order valence-electron chi connectivity index (χ1n) is 6.32. The Bertz CT molecular complexity index is 498. The third-order valence-corrected chi connectivity index (χ3v) is 3.19. The largest absolute Gasteiger partial charge is 0.289 e. The van der Waals surface area contributed by atoms with Crippen LogP contribution >= 0.6 is 0 Å². The van der Waals surface area contributed by atoms with Gasteiger partial charge >= 0.3 is 0 Å². The quantitative estimate of drug-likeness (QED) is 0.524. The lowest BCUT2D eigenvalue weighted by molar-refractivity contribution is -0.111. The van der Waals surface area contributed by atoms with E-state index in [1.165, 1.54) is 6.42 Å². The molecule has 0 aliphatic heterocycles. The van der Waals surface area contributed by atoms with Crippen molar-refractivity contribution < 1.29 is 4.79 Å². The molecule has 1 heteroatoms. The summed E-state index contributed by atoms with van der Waals surface area (Å²) in [6.45, 7) is 5.52. The van der Waals surface area contributed by atoms with Crippen molar-refractivity contribution in [3.05, 3.63) is 72.4 Å². The molecule has 0 N–H and O–H groups in total. The van der Waals surface area contributed by atoms with E-state index >= 15 is 0 Å². The molecular formula is C17H18O. The third kappa shape index (κ3) is 3.07. The maximum atomic E-state index is 12.0. The van der Waals surface area contributed by atoms with Gasteiger partial charge in [-0.15, -0.1) is 0 Å². The Labute approximate surface area is 109 Å². The highest BCUT2D eigenvalue weighted by Gasteiger charge is 2.34. The van der Waals surface area contributed by atoms with E-state index < -0.39 is 0 Å². The Balaban J connectivity index is 2.04. The van der Waals surface area contributed by atoms with Gasteiger partial charge in [-0.3, -0.25) is 4.79 Å². The highest BCUT2D eigenvalue weighted by atomic mass is 16.1. The zero-order chi connectivity index (χ0) is 13.0. The fourth-order valence-corrected chi connectivity index (χ4v) is 2.09. The van der Waals surface area contributed by atoms with Crippen molar-refractivity contribution in [1.29, 1.82) is 0 Å². The van der Waals surface area contributed by atoms with E-state index in [-0.39, 0.29) is 5.78 Å². The second-order valence-corrected chi connectivity index (χ2v) is 4.64. The molecule has 1 saturated carbocycles. The topological polar surface area (TPSA) is 17.1 Å². The van der Waals surface area contributed by atoms with Crippen molar-refractivity contribution in [2.45, 2.75) is 13.3 Å². The number of allylic oxidation sites excluding steroid dienone is 11. The van der Waals surface area contributed by atoms with Crippen LogP contribution in [0.1, 0.15) is 13.3 Å². The summed E-state index contributed by atoms with van der Waals surface area (Å²) >= 11 is 0. The van der Waals surface area contributed by atoms with Crippen LogP contribution in [0.15, 0.2) is 72.4 Å². The Morgan fingerprint density at radius 3 is 2.89 bits per heavy atom. The van der Waals surface area contributed by atoms with Crippen LogP contribution in [0, 0.1) is 11.8 Å². The minimum atomic E-state index is 0.0141. The molecule has 0 bridgehead atoms. The fourth-order valence-electron chi connectivity index (χ4n) is 2.09. The van der Waals surface area contributed by atoms with Gasteiger partial charge in [-0.05, 0) is 36.8 Å². The molecule has 92 valence electrons. The van der Waals surface area contributed by atoms with Crippen molar-refractivity contribution in [1.82, 2.24) is 0 Å². The fraction of sp³-hybridized carbons (Fsp3) is 0.235. The Morgan fingerprint density at radius 2 is 2.22 bits per heavy atom. The van der Waals surface area contributed by atoms with Crippen LogP contribution in [0.5, 0.6) is 0 Å². The summed E-state index contributed by atoms with van der Waals surface area (Å²) in [4.78, 5) is 12.0. The molecule has 0 spiro atoms. The van der Waals surface area contributed by atoms with Crippen molar-refractivity contribution in [2.24, 2.45) is 11.8 Å². The number of carbonyl (C=O) groups excluding carboxylic acids is 1. The Hall–Kier alpha value is -1.89. The molecule has 1 nitrogen and oxygen atoms in total. The zero-order valence-corrected chi connectivity index (χ0v) is 10.7. The van der Waals surface area contributed by atoms with Crippen molar-refractivity contribution in [3.8, 4) is 0 Å². The van der Waals surface area contributed by atoms with Gasteiger partial charge in [0, 0.05) is 5.57 Å². The Kier molecular flexibility index (Phi) is 3.93. The first kappa shape index (κ1) is 12.6. The predicted molar refractivity (Wildman–Crippen MR) is 76.1 cm³/mol. The van der Waals surface area contributed by atoms with E-state index in [4.69, 9.17) is 0 Å². The van der Waals surface area contributed by atoms with Gasteiger partial charge < -0.3 is 0 Å². The number of hydrogen-bond donors (Lipinski definition) is 0. The monoisotopic (exact) mass is 238 g/mol. The van der Waals surface area contributed by atoms with E-state index in [2.05, 4.69) is 24.8 Å². The van der Waals surface area contributed by atoms with Crippen LogP contribution in [0.4, 0.5) is 0 Å². The number of rotatable bonds is 5. The van der Waals surface area contributed by atoms with Gasteiger partial charge in [0.05, 0.1) is 0 Å². The molecule has 2 aliphatic rings. The van der Waals surface area contributed by atoms with Crippen molar-refractivity contribution in [3.63, 3.8) is 0 Å². The second-order valence-electron chi connectivity index (χ2n) is 4.64. The smallest absolute Gasteiger partial charge is 0.185 e. The first-order valence-corrected chi connectivity index (χ1v) is 6.32. The van der Waals surface area contributed by atoms with Crippen LogP contribution < -0.4 is 0 Å². The summed E-state index contributed by atoms with van der Waals surface area (Å²) in [5.41, 5.74) is 1.80. The predicted octanol–water partition coefficient (Wildman–Crippen LogP) is 3.93. The van der Waals surface area contributed by atoms with Gasteiger partial charge in [-0.2, -0.15) is 0 Å². The van der Waals surface area contributed by atoms with Crippen molar-refractivity contribution in [2.75, 3.05) is 0 Å². The number of carbonyl (C=O) groups is 1. The number of ketones is 1. The van der Waals surface area contributed by atoms with Gasteiger partial charge in [0.1, 0.15) is 0 Å². The normalized spacial score (nSPS) is 26.3. The molecule has 2 aliphatic carbocycles. The SMILES string of the molecule is C=C/C=C(\C=C/C)C(=O)/C=C/C1=CC2CC2C=C1. The van der Waals surface area contributed by atoms with Gasteiger partial charge in [-0.25, -0.2) is 0 Å². The number of hydrogen-bond acceptors (Lipinski definition) is 1. The average Bonchev–Trinajstić information content (AvgIpc) is 3.14. The lowest BCUT2D eigenvalue weighted by Crippen LogP contribution is -1.96. The lowest BCUT2D eigenvalue weighted by Gasteiger charge is -2.00. The maximum absolute atomic E-state index is 12.0. The summed E-state index contributed by atoms with van der Waals surface area (Å²) in [7, 11) is 0. The molecule has 18 heavy (non-hydrogen) atoms. The van der Waals surface area contributed by atoms with E-state index in [1.807, 2.05) is 19.1 Å². The molecule has 0 radical (unpaired) electrons. The molecule has 0 aromatic rings. The third-order valence-electron chi connectivity index (χ3n) is 3.19. The van der Waals surface area contributed by atoms with E-state index in [0.29, 0.717) is 11.5 Å². The molecule has 0 aromatic heterocycles. The van der Waals surface area contributed by atoms with E-state index in [0.717, 1.165) is 11.5 Å². The van der Waals surface area contributed by atoms with Gasteiger partial charge in [-0.1, -0.05) is 55.2 Å². The van der Waals surface area contributed by atoms with Gasteiger partial charge in [0.2, 0.25) is 0 Å². The first-order chi connectivity index (χ1) is 8.74. The molecule has 0 amide bonds. The minimum Gasteiger partial charge on any atom is -0.289 e. The van der Waals surface area contributed by atoms with Gasteiger partial charge in [0.15, 0.2) is 5.78 Å². The minimum absolute atomic E-state index is 0.0141. The van der Waals surface area contributed by atoms with Crippen LogP contribution in [-0.2, 0) is 4.79 Å². The molecule has 2 rings (SSSR count).